The molecule has 1 amide bonds. The zero-order valence-electron chi connectivity index (χ0n) is 17.4. The predicted molar refractivity (Wildman–Crippen MR) is 111 cm³/mol. The Morgan fingerprint density at radius 2 is 1.75 bits per heavy atom. The number of nitrogens with one attached hydrogen (secondary N) is 1. The number of amides is 1. The third-order valence-electron chi connectivity index (χ3n) is 4.63. The molecule has 0 radical (unpaired) electrons. The first-order chi connectivity index (χ1) is 13.4. The van der Waals surface area contributed by atoms with E-state index < -0.39 is 0 Å². The molecule has 0 atom stereocenters. The van der Waals surface area contributed by atoms with E-state index in [1.165, 1.54) is 4.57 Å². The van der Waals surface area contributed by atoms with Crippen molar-refractivity contribution in [3.63, 3.8) is 0 Å². The SMILES string of the molecule is CCOc1ccc(CCCNC(=O)c2c(C)cc(C)n(C)c2=O)cc1OCC. The standard InChI is InChI=1S/C22H30N2O4/c1-6-27-18-11-10-17(14-19(18)28-7-2)9-8-12-23-21(25)20-15(3)13-16(4)24(5)22(20)26/h10-11,13-14H,6-9,12H2,1-5H3,(H,23,25). The van der Waals surface area contributed by atoms with Crippen LogP contribution in [-0.4, -0.2) is 30.2 Å². The van der Waals surface area contributed by atoms with Gasteiger partial charge in [-0.25, -0.2) is 0 Å². The highest BCUT2D eigenvalue weighted by Crippen LogP contribution is 2.28. The number of ether oxygens (including phenoxy) is 2. The number of hydrogen-bond donors (Lipinski definition) is 1. The highest BCUT2D eigenvalue weighted by atomic mass is 16.5. The van der Waals surface area contributed by atoms with Gasteiger partial charge in [0.05, 0.1) is 13.2 Å². The average molecular weight is 386 g/mol. The van der Waals surface area contributed by atoms with Crippen molar-refractivity contribution in [1.82, 2.24) is 9.88 Å². The second-order valence-corrected chi connectivity index (χ2v) is 6.71. The maximum atomic E-state index is 12.5. The number of carbonyl (C=O) groups excluding carboxylic acids is 1. The smallest absolute Gasteiger partial charge is 0.263 e. The van der Waals surface area contributed by atoms with Gasteiger partial charge in [0.25, 0.3) is 11.5 Å². The van der Waals surface area contributed by atoms with Crippen LogP contribution in [0.15, 0.2) is 29.1 Å². The second kappa shape index (κ2) is 9.97. The van der Waals surface area contributed by atoms with Crippen LogP contribution in [-0.2, 0) is 13.5 Å². The molecule has 1 N–H and O–H groups in total. The zero-order chi connectivity index (χ0) is 20.7. The molecule has 152 valence electrons. The third kappa shape index (κ3) is 5.15. The highest BCUT2D eigenvalue weighted by Gasteiger charge is 2.15. The van der Waals surface area contributed by atoms with E-state index in [0.717, 1.165) is 35.6 Å². The van der Waals surface area contributed by atoms with E-state index >= 15 is 0 Å². The summed E-state index contributed by atoms with van der Waals surface area (Å²) in [7, 11) is 1.68. The van der Waals surface area contributed by atoms with E-state index in [1.807, 2.05) is 45.0 Å². The number of benzene rings is 1. The number of rotatable bonds is 9. The van der Waals surface area contributed by atoms with Gasteiger partial charge in [-0.2, -0.15) is 0 Å². The molecule has 0 fully saturated rings. The Morgan fingerprint density at radius 1 is 1.07 bits per heavy atom. The Balaban J connectivity index is 1.96. The molecule has 2 aromatic rings. The number of aryl methyl sites for hydroxylation is 3. The Hall–Kier alpha value is -2.76. The lowest BCUT2D eigenvalue weighted by Gasteiger charge is -2.13. The second-order valence-electron chi connectivity index (χ2n) is 6.71. The van der Waals surface area contributed by atoms with Crippen LogP contribution >= 0.6 is 0 Å². The predicted octanol–water partition coefficient (Wildman–Crippen LogP) is 3.16. The van der Waals surface area contributed by atoms with Crippen LogP contribution in [0.1, 0.15) is 47.4 Å². The maximum absolute atomic E-state index is 12.5. The minimum atomic E-state index is -0.320. The van der Waals surface area contributed by atoms with Crippen molar-refractivity contribution in [2.75, 3.05) is 19.8 Å². The van der Waals surface area contributed by atoms with Gasteiger partial charge in [0.2, 0.25) is 0 Å². The summed E-state index contributed by atoms with van der Waals surface area (Å²) in [6, 6.07) is 7.76. The molecule has 2 rings (SSSR count). The fourth-order valence-electron chi connectivity index (χ4n) is 3.09. The van der Waals surface area contributed by atoms with Crippen LogP contribution in [0.25, 0.3) is 0 Å². The zero-order valence-corrected chi connectivity index (χ0v) is 17.4. The highest BCUT2D eigenvalue weighted by molar-refractivity contribution is 5.95. The average Bonchev–Trinajstić information content (AvgIpc) is 2.65. The molecule has 0 saturated heterocycles. The summed E-state index contributed by atoms with van der Waals surface area (Å²) in [6.07, 6.45) is 1.55. The Kier molecular flexibility index (Phi) is 7.67. The minimum absolute atomic E-state index is 0.216. The van der Waals surface area contributed by atoms with Crippen LogP contribution in [0.5, 0.6) is 11.5 Å². The molecule has 1 heterocycles. The number of nitrogens with zero attached hydrogens (tertiary/aromatic N) is 1. The van der Waals surface area contributed by atoms with Gasteiger partial charge >= 0.3 is 0 Å². The fourth-order valence-corrected chi connectivity index (χ4v) is 3.09. The quantitative estimate of drug-likeness (QED) is 0.672. The van der Waals surface area contributed by atoms with E-state index in [9.17, 15) is 9.59 Å². The minimum Gasteiger partial charge on any atom is -0.490 e. The van der Waals surface area contributed by atoms with Crippen LogP contribution in [0.2, 0.25) is 0 Å². The Bertz CT molecular complexity index is 887. The van der Waals surface area contributed by atoms with Crippen molar-refractivity contribution in [2.45, 2.75) is 40.5 Å². The number of hydrogen-bond acceptors (Lipinski definition) is 4. The number of pyridine rings is 1. The summed E-state index contributed by atoms with van der Waals surface area (Å²) in [6.45, 7) is 9.17. The molecule has 28 heavy (non-hydrogen) atoms. The number of aromatic nitrogens is 1. The van der Waals surface area contributed by atoms with Crippen molar-refractivity contribution in [1.29, 1.82) is 0 Å². The molecule has 1 aromatic carbocycles. The van der Waals surface area contributed by atoms with Gasteiger partial charge < -0.3 is 19.4 Å². The van der Waals surface area contributed by atoms with Crippen molar-refractivity contribution >= 4 is 5.91 Å². The lowest BCUT2D eigenvalue weighted by atomic mass is 10.1. The molecule has 0 spiro atoms. The van der Waals surface area contributed by atoms with Gasteiger partial charge in [0, 0.05) is 19.3 Å². The molecular weight excluding hydrogens is 356 g/mol. The Labute approximate surface area is 166 Å². The van der Waals surface area contributed by atoms with Crippen LogP contribution in [0.4, 0.5) is 0 Å². The lowest BCUT2D eigenvalue weighted by molar-refractivity contribution is 0.0950. The van der Waals surface area contributed by atoms with E-state index in [4.69, 9.17) is 9.47 Å². The molecule has 0 bridgehead atoms. The van der Waals surface area contributed by atoms with Crippen molar-refractivity contribution in [2.24, 2.45) is 7.05 Å². The number of carbonyl (C=O) groups is 1. The van der Waals surface area contributed by atoms with E-state index in [1.54, 1.807) is 14.0 Å². The molecule has 0 aliphatic carbocycles. The monoisotopic (exact) mass is 386 g/mol. The normalized spacial score (nSPS) is 10.6. The van der Waals surface area contributed by atoms with E-state index in [0.29, 0.717) is 25.3 Å². The van der Waals surface area contributed by atoms with Crippen molar-refractivity contribution < 1.29 is 14.3 Å². The molecule has 6 nitrogen and oxygen atoms in total. The van der Waals surface area contributed by atoms with Crippen LogP contribution in [0.3, 0.4) is 0 Å². The van der Waals surface area contributed by atoms with Crippen molar-refractivity contribution in [3.05, 3.63) is 57.0 Å². The summed E-state index contributed by atoms with van der Waals surface area (Å²) in [5.74, 6) is 1.16. The van der Waals surface area contributed by atoms with Gasteiger partial charge in [-0.3, -0.25) is 9.59 Å². The summed E-state index contributed by atoms with van der Waals surface area (Å²) < 4.78 is 12.7. The molecule has 0 unspecified atom stereocenters. The molecule has 1 aromatic heterocycles. The van der Waals surface area contributed by atoms with Gasteiger partial charge in [-0.05, 0) is 69.9 Å². The molecule has 6 heteroatoms. The first-order valence-electron chi connectivity index (χ1n) is 9.72. The molecule has 0 aliphatic rings. The molecule has 0 aliphatic heterocycles. The molecule has 0 saturated carbocycles. The Morgan fingerprint density at radius 3 is 2.43 bits per heavy atom. The third-order valence-corrected chi connectivity index (χ3v) is 4.63. The van der Waals surface area contributed by atoms with Gasteiger partial charge in [0.1, 0.15) is 5.56 Å². The van der Waals surface area contributed by atoms with Crippen LogP contribution in [0, 0.1) is 13.8 Å². The largest absolute Gasteiger partial charge is 0.490 e. The van der Waals surface area contributed by atoms with E-state index in [-0.39, 0.29) is 17.0 Å². The van der Waals surface area contributed by atoms with E-state index in [2.05, 4.69) is 5.32 Å². The van der Waals surface area contributed by atoms with Gasteiger partial charge in [-0.15, -0.1) is 0 Å². The maximum Gasteiger partial charge on any atom is 0.263 e. The topological polar surface area (TPSA) is 69.6 Å². The summed E-state index contributed by atoms with van der Waals surface area (Å²) >= 11 is 0. The molecular formula is C22H30N2O4. The summed E-state index contributed by atoms with van der Waals surface area (Å²) in [4.78, 5) is 24.8. The first-order valence-corrected chi connectivity index (χ1v) is 9.72. The van der Waals surface area contributed by atoms with Gasteiger partial charge in [0.15, 0.2) is 11.5 Å². The summed E-state index contributed by atoms with van der Waals surface area (Å²) in [5, 5.41) is 2.86. The van der Waals surface area contributed by atoms with Gasteiger partial charge in [-0.1, -0.05) is 6.07 Å². The van der Waals surface area contributed by atoms with Crippen molar-refractivity contribution in [3.8, 4) is 11.5 Å². The summed E-state index contributed by atoms with van der Waals surface area (Å²) in [5.41, 5.74) is 2.60. The lowest BCUT2D eigenvalue weighted by Crippen LogP contribution is -2.34. The van der Waals surface area contributed by atoms with Crippen LogP contribution < -0.4 is 20.3 Å². The first kappa shape index (κ1) is 21.5. The fraction of sp³-hybridized carbons (Fsp3) is 0.455.